The summed E-state index contributed by atoms with van der Waals surface area (Å²) in [5.74, 6) is -2.22. The summed E-state index contributed by atoms with van der Waals surface area (Å²) >= 11 is 5.79. The number of nitrogens with zero attached hydrogens (tertiary/aromatic N) is 1. The van der Waals surface area contributed by atoms with E-state index < -0.39 is 11.9 Å². The van der Waals surface area contributed by atoms with Gasteiger partial charge in [-0.15, -0.1) is 0 Å². The molecule has 0 aliphatic rings. The maximum Gasteiger partial charge on any atom is 0.339 e. The topological polar surface area (TPSA) is 99.5 Å². The van der Waals surface area contributed by atoms with Gasteiger partial charge in [0.05, 0.1) is 22.5 Å². The highest BCUT2D eigenvalue weighted by Crippen LogP contribution is 2.25. The Labute approximate surface area is 118 Å². The molecule has 0 bridgehead atoms. The molecule has 0 unspecified atom stereocenters. The van der Waals surface area contributed by atoms with Gasteiger partial charge in [0.1, 0.15) is 11.3 Å². The second kappa shape index (κ2) is 5.58. The molecule has 0 saturated carbocycles. The molecule has 1 amide bonds. The van der Waals surface area contributed by atoms with E-state index in [0.29, 0.717) is 0 Å². The number of aromatic carboxylic acids is 1. The number of benzene rings is 1. The van der Waals surface area contributed by atoms with Gasteiger partial charge in [0.25, 0.3) is 5.91 Å². The van der Waals surface area contributed by atoms with Crippen LogP contribution in [0.25, 0.3) is 0 Å². The summed E-state index contributed by atoms with van der Waals surface area (Å²) in [6, 6.07) is 5.64. The van der Waals surface area contributed by atoms with Crippen molar-refractivity contribution in [3.8, 4) is 5.75 Å². The number of rotatable bonds is 3. The summed E-state index contributed by atoms with van der Waals surface area (Å²) < 4.78 is 0. The van der Waals surface area contributed by atoms with Crippen molar-refractivity contribution < 1.29 is 19.8 Å². The number of carbonyl (C=O) groups is 2. The Bertz CT molecular complexity index is 688. The van der Waals surface area contributed by atoms with Crippen LogP contribution in [0.2, 0.25) is 5.02 Å². The van der Waals surface area contributed by atoms with Gasteiger partial charge >= 0.3 is 5.97 Å². The van der Waals surface area contributed by atoms with Crippen molar-refractivity contribution in [2.24, 2.45) is 0 Å². The zero-order valence-corrected chi connectivity index (χ0v) is 10.8. The van der Waals surface area contributed by atoms with Crippen LogP contribution < -0.4 is 5.32 Å². The molecule has 1 heterocycles. The van der Waals surface area contributed by atoms with Crippen LogP contribution in [0.1, 0.15) is 20.7 Å². The quantitative estimate of drug-likeness (QED) is 0.806. The molecule has 7 heteroatoms. The lowest BCUT2D eigenvalue weighted by atomic mass is 10.1. The Morgan fingerprint density at radius 1 is 1.25 bits per heavy atom. The van der Waals surface area contributed by atoms with Gasteiger partial charge in [-0.3, -0.25) is 9.78 Å². The van der Waals surface area contributed by atoms with E-state index in [9.17, 15) is 14.7 Å². The fourth-order valence-electron chi connectivity index (χ4n) is 1.61. The minimum atomic E-state index is -1.26. The van der Waals surface area contributed by atoms with Crippen molar-refractivity contribution >= 4 is 29.2 Å². The number of anilines is 1. The number of hydrogen-bond donors (Lipinski definition) is 3. The highest BCUT2D eigenvalue weighted by molar-refractivity contribution is 6.34. The first-order valence-corrected chi connectivity index (χ1v) is 5.84. The fourth-order valence-corrected chi connectivity index (χ4v) is 1.87. The molecule has 1 aromatic heterocycles. The number of aromatic nitrogens is 1. The minimum Gasteiger partial charge on any atom is -0.505 e. The third kappa shape index (κ3) is 2.70. The van der Waals surface area contributed by atoms with Crippen molar-refractivity contribution in [3.63, 3.8) is 0 Å². The van der Waals surface area contributed by atoms with Crippen LogP contribution in [0.3, 0.4) is 0 Å². The maximum absolute atomic E-state index is 12.0. The van der Waals surface area contributed by atoms with Crippen LogP contribution in [0.4, 0.5) is 5.69 Å². The lowest BCUT2D eigenvalue weighted by molar-refractivity contribution is 0.0698. The molecule has 0 saturated heterocycles. The Morgan fingerprint density at radius 2 is 2.00 bits per heavy atom. The molecule has 0 radical (unpaired) electrons. The Morgan fingerprint density at radius 3 is 2.65 bits per heavy atom. The monoisotopic (exact) mass is 292 g/mol. The van der Waals surface area contributed by atoms with Crippen molar-refractivity contribution in [2.45, 2.75) is 0 Å². The second-order valence-corrected chi connectivity index (χ2v) is 4.22. The number of amides is 1. The van der Waals surface area contributed by atoms with E-state index in [2.05, 4.69) is 10.3 Å². The van der Waals surface area contributed by atoms with Crippen molar-refractivity contribution in [1.82, 2.24) is 4.98 Å². The maximum atomic E-state index is 12.0. The average Bonchev–Trinajstić information content (AvgIpc) is 2.38. The number of carboxylic acids is 1. The predicted octanol–water partition coefficient (Wildman–Crippen LogP) is 2.39. The van der Waals surface area contributed by atoms with Crippen LogP contribution in [0.15, 0.2) is 36.7 Å². The summed E-state index contributed by atoms with van der Waals surface area (Å²) in [6.45, 7) is 0. The normalized spacial score (nSPS) is 10.1. The zero-order valence-electron chi connectivity index (χ0n) is 10.0. The molecular formula is C13H9ClN2O4. The molecular weight excluding hydrogens is 284 g/mol. The molecule has 0 aliphatic carbocycles. The third-order valence-electron chi connectivity index (χ3n) is 2.52. The molecule has 6 nitrogen and oxygen atoms in total. The summed E-state index contributed by atoms with van der Waals surface area (Å²) in [7, 11) is 0. The summed E-state index contributed by atoms with van der Waals surface area (Å²) in [4.78, 5) is 26.8. The summed E-state index contributed by atoms with van der Waals surface area (Å²) in [5.41, 5.74) is -0.182. The lowest BCUT2D eigenvalue weighted by Gasteiger charge is -2.10. The SMILES string of the molecule is O=C(Nc1cccc(Cl)c1C(=O)O)c1ccncc1O. The van der Waals surface area contributed by atoms with Gasteiger partial charge in [0, 0.05) is 6.20 Å². The first-order valence-electron chi connectivity index (χ1n) is 5.47. The smallest absolute Gasteiger partial charge is 0.339 e. The van der Waals surface area contributed by atoms with Crippen molar-refractivity contribution in [2.75, 3.05) is 5.32 Å². The van der Waals surface area contributed by atoms with Gasteiger partial charge in [-0.05, 0) is 18.2 Å². The van der Waals surface area contributed by atoms with Gasteiger partial charge in [-0.2, -0.15) is 0 Å². The highest BCUT2D eigenvalue weighted by Gasteiger charge is 2.18. The van der Waals surface area contributed by atoms with Crippen molar-refractivity contribution in [3.05, 3.63) is 52.8 Å². The molecule has 20 heavy (non-hydrogen) atoms. The number of hydrogen-bond acceptors (Lipinski definition) is 4. The van der Waals surface area contributed by atoms with Gasteiger partial charge in [0.2, 0.25) is 0 Å². The molecule has 0 spiro atoms. The fraction of sp³-hybridized carbons (Fsp3) is 0. The molecule has 3 N–H and O–H groups in total. The Hall–Kier alpha value is -2.60. The van der Waals surface area contributed by atoms with E-state index >= 15 is 0 Å². The van der Waals surface area contributed by atoms with Crippen LogP contribution in [-0.4, -0.2) is 27.1 Å². The number of halogens is 1. The molecule has 0 atom stereocenters. The zero-order chi connectivity index (χ0) is 14.7. The molecule has 2 rings (SSSR count). The van der Waals surface area contributed by atoms with Gasteiger partial charge < -0.3 is 15.5 Å². The second-order valence-electron chi connectivity index (χ2n) is 3.81. The first-order chi connectivity index (χ1) is 9.50. The number of aromatic hydroxyl groups is 1. The van der Waals surface area contributed by atoms with Crippen LogP contribution >= 0.6 is 11.6 Å². The molecule has 0 aliphatic heterocycles. The van der Waals surface area contributed by atoms with E-state index in [1.54, 1.807) is 0 Å². The average molecular weight is 293 g/mol. The standard InChI is InChI=1S/C13H9ClN2O4/c14-8-2-1-3-9(11(8)13(19)20)16-12(18)7-4-5-15-6-10(7)17/h1-6,17H,(H,16,18)(H,19,20). The van der Waals surface area contributed by atoms with E-state index in [1.165, 1.54) is 30.5 Å². The van der Waals surface area contributed by atoms with E-state index in [0.717, 1.165) is 6.20 Å². The molecule has 102 valence electrons. The summed E-state index contributed by atoms with van der Waals surface area (Å²) in [6.07, 6.45) is 2.45. The number of carboxylic acid groups (broad SMARTS) is 1. The highest BCUT2D eigenvalue weighted by atomic mass is 35.5. The molecule has 0 fully saturated rings. The van der Waals surface area contributed by atoms with Crippen molar-refractivity contribution in [1.29, 1.82) is 0 Å². The third-order valence-corrected chi connectivity index (χ3v) is 2.84. The number of nitrogens with one attached hydrogen (secondary N) is 1. The van der Waals surface area contributed by atoms with Crippen LogP contribution in [0, 0.1) is 0 Å². The minimum absolute atomic E-state index is 0.00857. The van der Waals surface area contributed by atoms with Crippen LogP contribution in [0.5, 0.6) is 5.75 Å². The largest absolute Gasteiger partial charge is 0.505 e. The van der Waals surface area contributed by atoms with E-state index in [4.69, 9.17) is 16.7 Å². The van der Waals surface area contributed by atoms with Crippen LogP contribution in [-0.2, 0) is 0 Å². The van der Waals surface area contributed by atoms with E-state index in [-0.39, 0.29) is 27.6 Å². The predicted molar refractivity (Wildman–Crippen MR) is 72.3 cm³/mol. The first kappa shape index (κ1) is 13.8. The van der Waals surface area contributed by atoms with E-state index in [1.807, 2.05) is 0 Å². The summed E-state index contributed by atoms with van der Waals surface area (Å²) in [5, 5.41) is 21.0. The number of carbonyl (C=O) groups excluding carboxylic acids is 1. The van der Waals surface area contributed by atoms with Gasteiger partial charge in [0.15, 0.2) is 0 Å². The lowest BCUT2D eigenvalue weighted by Crippen LogP contribution is -2.15. The molecule has 2 aromatic rings. The Kier molecular flexibility index (Phi) is 3.86. The Balaban J connectivity index is 2.36. The number of pyridine rings is 1. The molecule has 1 aromatic carbocycles. The van der Waals surface area contributed by atoms with Gasteiger partial charge in [-0.1, -0.05) is 17.7 Å². The van der Waals surface area contributed by atoms with Gasteiger partial charge in [-0.25, -0.2) is 4.79 Å².